The Bertz CT molecular complexity index is 1450. The standard InChI is InChI=1S/C28H24ClFN4O2S/c1-17-9-10-18(29)16-19(17)23-11-12-24(36-23)27-26(22-8-4-5-14-31-22)33-28(37)34(27)15-13-25(35)32-21-7-3-2-6-20(21)30/h2-12,14,16,26-27H,13,15H2,1H3,(H,32,35)(H,33,37)/t26-,27-/m1/s1. The largest absolute Gasteiger partial charge is 0.459 e. The predicted octanol–water partition coefficient (Wildman–Crippen LogP) is 6.44. The molecule has 1 saturated heterocycles. The number of nitrogens with zero attached hydrogens (tertiary/aromatic N) is 2. The maximum atomic E-state index is 14.0. The molecule has 2 aromatic carbocycles. The molecule has 37 heavy (non-hydrogen) atoms. The highest BCUT2D eigenvalue weighted by molar-refractivity contribution is 7.80. The van der Waals surface area contributed by atoms with Gasteiger partial charge in [-0.05, 0) is 73.2 Å². The fraction of sp³-hybridized carbons (Fsp3) is 0.179. The zero-order valence-corrected chi connectivity index (χ0v) is 21.5. The summed E-state index contributed by atoms with van der Waals surface area (Å²) in [5, 5.41) is 7.08. The van der Waals surface area contributed by atoms with Gasteiger partial charge in [-0.2, -0.15) is 0 Å². The van der Waals surface area contributed by atoms with Gasteiger partial charge < -0.3 is 20.0 Å². The second-order valence-corrected chi connectivity index (χ2v) is 9.58. The van der Waals surface area contributed by atoms with E-state index in [1.54, 1.807) is 18.3 Å². The van der Waals surface area contributed by atoms with E-state index in [-0.39, 0.29) is 30.1 Å². The summed E-state index contributed by atoms with van der Waals surface area (Å²) in [5.74, 6) is 0.557. The Kier molecular flexibility index (Phi) is 7.21. The number of anilines is 1. The number of halogens is 2. The number of furan rings is 1. The van der Waals surface area contributed by atoms with Gasteiger partial charge in [-0.15, -0.1) is 0 Å². The smallest absolute Gasteiger partial charge is 0.226 e. The Morgan fingerprint density at radius 1 is 1.16 bits per heavy atom. The monoisotopic (exact) mass is 534 g/mol. The molecule has 4 aromatic rings. The zero-order chi connectivity index (χ0) is 25.9. The molecule has 2 atom stereocenters. The molecule has 3 heterocycles. The van der Waals surface area contributed by atoms with Crippen LogP contribution in [0.1, 0.15) is 35.5 Å². The number of hydrogen-bond acceptors (Lipinski definition) is 4. The number of pyridine rings is 1. The molecule has 2 N–H and O–H groups in total. The van der Waals surface area contributed by atoms with E-state index in [0.717, 1.165) is 16.8 Å². The summed E-state index contributed by atoms with van der Waals surface area (Å²) in [4.78, 5) is 19.1. The molecule has 1 fully saturated rings. The van der Waals surface area contributed by atoms with Crippen LogP contribution in [-0.2, 0) is 4.79 Å². The van der Waals surface area contributed by atoms with Gasteiger partial charge in [0.25, 0.3) is 0 Å². The Morgan fingerprint density at radius 3 is 2.76 bits per heavy atom. The second-order valence-electron chi connectivity index (χ2n) is 8.76. The van der Waals surface area contributed by atoms with E-state index < -0.39 is 5.82 Å². The Balaban J connectivity index is 1.42. The third-order valence-electron chi connectivity index (χ3n) is 6.31. The highest BCUT2D eigenvalue weighted by Gasteiger charge is 2.41. The molecule has 0 spiro atoms. The van der Waals surface area contributed by atoms with Crippen LogP contribution in [0.3, 0.4) is 0 Å². The molecular weight excluding hydrogens is 511 g/mol. The molecule has 188 valence electrons. The van der Waals surface area contributed by atoms with Crippen molar-refractivity contribution in [2.45, 2.75) is 25.4 Å². The summed E-state index contributed by atoms with van der Waals surface area (Å²) in [6, 6.07) is 20.6. The second kappa shape index (κ2) is 10.7. The number of aromatic nitrogens is 1. The number of carbonyl (C=O) groups is 1. The summed E-state index contributed by atoms with van der Waals surface area (Å²) < 4.78 is 20.3. The van der Waals surface area contributed by atoms with Crippen LogP contribution in [0.25, 0.3) is 11.3 Å². The molecule has 0 bridgehead atoms. The maximum Gasteiger partial charge on any atom is 0.226 e. The first-order valence-electron chi connectivity index (χ1n) is 11.8. The van der Waals surface area contributed by atoms with E-state index in [2.05, 4.69) is 15.6 Å². The lowest BCUT2D eigenvalue weighted by Crippen LogP contribution is -2.32. The number of amides is 1. The number of thiocarbonyl (C=S) groups is 1. The fourth-order valence-electron chi connectivity index (χ4n) is 4.47. The molecule has 0 saturated carbocycles. The highest BCUT2D eigenvalue weighted by Crippen LogP contribution is 2.41. The summed E-state index contributed by atoms with van der Waals surface area (Å²) in [6.07, 6.45) is 1.83. The number of hydrogen-bond donors (Lipinski definition) is 2. The van der Waals surface area contributed by atoms with Crippen molar-refractivity contribution in [2.75, 3.05) is 11.9 Å². The van der Waals surface area contributed by atoms with Crippen molar-refractivity contribution in [1.29, 1.82) is 0 Å². The van der Waals surface area contributed by atoms with Gasteiger partial charge in [0.2, 0.25) is 5.91 Å². The van der Waals surface area contributed by atoms with Gasteiger partial charge >= 0.3 is 0 Å². The zero-order valence-electron chi connectivity index (χ0n) is 19.9. The van der Waals surface area contributed by atoms with Crippen LogP contribution in [0.5, 0.6) is 0 Å². The van der Waals surface area contributed by atoms with Crippen LogP contribution in [-0.4, -0.2) is 27.4 Å². The normalized spacial score (nSPS) is 17.1. The van der Waals surface area contributed by atoms with Crippen LogP contribution in [0.15, 0.2) is 83.4 Å². The lowest BCUT2D eigenvalue weighted by Gasteiger charge is -2.25. The van der Waals surface area contributed by atoms with E-state index in [1.165, 1.54) is 12.1 Å². The molecule has 6 nitrogen and oxygen atoms in total. The molecule has 9 heteroatoms. The molecule has 1 aliphatic heterocycles. The van der Waals surface area contributed by atoms with Crippen molar-refractivity contribution in [2.24, 2.45) is 0 Å². The number of aryl methyl sites for hydroxylation is 1. The molecule has 0 unspecified atom stereocenters. The molecule has 1 amide bonds. The van der Waals surface area contributed by atoms with Crippen molar-refractivity contribution >= 4 is 40.5 Å². The Labute approximate surface area is 224 Å². The van der Waals surface area contributed by atoms with Crippen LogP contribution in [0, 0.1) is 12.7 Å². The van der Waals surface area contributed by atoms with Crippen molar-refractivity contribution in [1.82, 2.24) is 15.2 Å². The number of nitrogens with one attached hydrogen (secondary N) is 2. The number of carbonyl (C=O) groups excluding carboxylic acids is 1. The van der Waals surface area contributed by atoms with Crippen LogP contribution in [0.2, 0.25) is 5.02 Å². The molecule has 0 radical (unpaired) electrons. The van der Waals surface area contributed by atoms with Crippen LogP contribution >= 0.6 is 23.8 Å². The number of para-hydroxylation sites is 1. The minimum Gasteiger partial charge on any atom is -0.459 e. The molecular formula is C28H24ClFN4O2S. The number of benzene rings is 2. The third-order valence-corrected chi connectivity index (χ3v) is 6.90. The minimum absolute atomic E-state index is 0.0998. The SMILES string of the molecule is Cc1ccc(Cl)cc1-c1ccc([C@@H]2[C@@H](c3ccccn3)NC(=S)N2CCC(=O)Nc2ccccc2F)o1. The van der Waals surface area contributed by atoms with Crippen LogP contribution in [0.4, 0.5) is 10.1 Å². The van der Waals surface area contributed by atoms with E-state index in [1.807, 2.05) is 60.4 Å². The van der Waals surface area contributed by atoms with Gasteiger partial charge in [-0.25, -0.2) is 4.39 Å². The minimum atomic E-state index is -0.485. The van der Waals surface area contributed by atoms with Gasteiger partial charge in [0.1, 0.15) is 23.4 Å². The summed E-state index contributed by atoms with van der Waals surface area (Å²) in [5.41, 5.74) is 2.88. The van der Waals surface area contributed by atoms with Gasteiger partial charge in [0.05, 0.1) is 17.4 Å². The topological polar surface area (TPSA) is 70.4 Å². The maximum absolute atomic E-state index is 14.0. The van der Waals surface area contributed by atoms with Gasteiger partial charge in [-0.1, -0.05) is 35.9 Å². The Morgan fingerprint density at radius 2 is 1.97 bits per heavy atom. The molecule has 2 aromatic heterocycles. The molecule has 0 aliphatic carbocycles. The first kappa shape index (κ1) is 24.9. The quantitative estimate of drug-likeness (QED) is 0.266. The van der Waals surface area contributed by atoms with Crippen molar-refractivity contribution in [3.05, 3.63) is 107 Å². The van der Waals surface area contributed by atoms with E-state index >= 15 is 0 Å². The van der Waals surface area contributed by atoms with Gasteiger partial charge in [0.15, 0.2) is 5.11 Å². The van der Waals surface area contributed by atoms with Crippen LogP contribution < -0.4 is 10.6 Å². The predicted molar refractivity (Wildman–Crippen MR) is 146 cm³/mol. The summed E-state index contributed by atoms with van der Waals surface area (Å²) in [7, 11) is 0. The Hall–Kier alpha value is -3.75. The van der Waals surface area contributed by atoms with E-state index in [9.17, 15) is 9.18 Å². The lowest BCUT2D eigenvalue weighted by molar-refractivity contribution is -0.116. The molecule has 1 aliphatic rings. The first-order valence-corrected chi connectivity index (χ1v) is 12.6. The number of rotatable bonds is 7. The molecule has 5 rings (SSSR count). The van der Waals surface area contributed by atoms with E-state index in [0.29, 0.717) is 28.2 Å². The summed E-state index contributed by atoms with van der Waals surface area (Å²) >= 11 is 11.9. The average Bonchev–Trinajstić information content (AvgIpc) is 3.50. The fourth-order valence-corrected chi connectivity index (χ4v) is 4.97. The van der Waals surface area contributed by atoms with Gasteiger partial charge in [0, 0.05) is 29.7 Å². The average molecular weight is 535 g/mol. The lowest BCUT2D eigenvalue weighted by atomic mass is 10.0. The van der Waals surface area contributed by atoms with Crippen molar-refractivity contribution in [3.8, 4) is 11.3 Å². The van der Waals surface area contributed by atoms with E-state index in [4.69, 9.17) is 28.2 Å². The summed E-state index contributed by atoms with van der Waals surface area (Å²) in [6.45, 7) is 2.30. The van der Waals surface area contributed by atoms with Crippen molar-refractivity contribution < 1.29 is 13.6 Å². The highest BCUT2D eigenvalue weighted by atomic mass is 35.5. The third kappa shape index (κ3) is 5.35. The first-order chi connectivity index (χ1) is 17.9. The van der Waals surface area contributed by atoms with Crippen molar-refractivity contribution in [3.63, 3.8) is 0 Å². The van der Waals surface area contributed by atoms with Gasteiger partial charge in [-0.3, -0.25) is 9.78 Å².